The van der Waals surface area contributed by atoms with Crippen LogP contribution in [0.3, 0.4) is 0 Å². The van der Waals surface area contributed by atoms with Crippen molar-refractivity contribution < 1.29 is 9.53 Å². The highest BCUT2D eigenvalue weighted by Gasteiger charge is 2.29. The van der Waals surface area contributed by atoms with Gasteiger partial charge in [0.15, 0.2) is 0 Å². The Kier molecular flexibility index (Phi) is 5.49. The van der Waals surface area contributed by atoms with Gasteiger partial charge in [0.25, 0.3) is 0 Å². The number of rotatable bonds is 4. The van der Waals surface area contributed by atoms with Crippen LogP contribution in [-0.4, -0.2) is 24.5 Å². The molecule has 1 aliphatic heterocycles. The summed E-state index contributed by atoms with van der Waals surface area (Å²) in [4.78, 5) is 15.7. The second kappa shape index (κ2) is 7.81. The number of aromatic nitrogens is 1. The van der Waals surface area contributed by atoms with Crippen LogP contribution in [0.1, 0.15) is 22.7 Å². The van der Waals surface area contributed by atoms with Crippen LogP contribution in [0.5, 0.6) is 5.75 Å². The fourth-order valence-electron chi connectivity index (χ4n) is 3.46. The SMILES string of the molecule is CNC(=O)C1CNCc2[nH]c3ccc(OCc4ccccc4)cc3c21.Cl. The number of fused-ring (bicyclic) bond motifs is 3. The molecular weight excluding hydrogens is 350 g/mol. The Labute approximate surface area is 158 Å². The molecule has 0 saturated heterocycles. The summed E-state index contributed by atoms with van der Waals surface area (Å²) in [7, 11) is 1.68. The summed E-state index contributed by atoms with van der Waals surface area (Å²) >= 11 is 0. The van der Waals surface area contributed by atoms with Crippen molar-refractivity contribution in [1.29, 1.82) is 0 Å². The maximum absolute atomic E-state index is 12.3. The lowest BCUT2D eigenvalue weighted by Crippen LogP contribution is -2.37. The molecule has 0 spiro atoms. The van der Waals surface area contributed by atoms with E-state index in [2.05, 4.69) is 15.6 Å². The molecule has 1 atom stereocenters. The average Bonchev–Trinajstić information content (AvgIpc) is 3.04. The van der Waals surface area contributed by atoms with Crippen molar-refractivity contribution in [3.8, 4) is 5.75 Å². The molecule has 5 nitrogen and oxygen atoms in total. The summed E-state index contributed by atoms with van der Waals surface area (Å²) in [5.41, 5.74) is 4.33. The molecule has 26 heavy (non-hydrogen) atoms. The molecule has 0 radical (unpaired) electrons. The van der Waals surface area contributed by atoms with Gasteiger partial charge in [-0.2, -0.15) is 0 Å². The quantitative estimate of drug-likeness (QED) is 0.660. The number of H-pyrrole nitrogens is 1. The van der Waals surface area contributed by atoms with Crippen LogP contribution in [0, 0.1) is 0 Å². The Morgan fingerprint density at radius 1 is 1.23 bits per heavy atom. The van der Waals surface area contributed by atoms with Gasteiger partial charge in [-0.1, -0.05) is 30.3 Å². The van der Waals surface area contributed by atoms with Crippen molar-refractivity contribution in [3.63, 3.8) is 0 Å². The fraction of sp³-hybridized carbons (Fsp3) is 0.250. The smallest absolute Gasteiger partial charge is 0.228 e. The standard InChI is InChI=1S/C20H21N3O2.ClH/c1-21-20(24)16-10-22-11-18-19(16)15-9-14(7-8-17(15)23-18)25-12-13-5-3-2-4-6-13;/h2-9,16,22-23H,10-12H2,1H3,(H,21,24);1H. The van der Waals surface area contributed by atoms with E-state index in [0.717, 1.165) is 40.0 Å². The molecule has 4 rings (SSSR count). The van der Waals surface area contributed by atoms with Crippen LogP contribution in [0.25, 0.3) is 10.9 Å². The van der Waals surface area contributed by atoms with E-state index in [1.807, 2.05) is 48.5 Å². The first-order valence-corrected chi connectivity index (χ1v) is 8.50. The van der Waals surface area contributed by atoms with Gasteiger partial charge in [0, 0.05) is 36.7 Å². The van der Waals surface area contributed by atoms with E-state index in [9.17, 15) is 4.79 Å². The molecule has 1 unspecified atom stereocenters. The van der Waals surface area contributed by atoms with Gasteiger partial charge in [-0.05, 0) is 29.3 Å². The minimum atomic E-state index is -0.188. The summed E-state index contributed by atoms with van der Waals surface area (Å²) in [6.45, 7) is 1.92. The third-order valence-corrected chi connectivity index (χ3v) is 4.70. The molecule has 1 amide bonds. The molecule has 3 N–H and O–H groups in total. The number of benzene rings is 2. The fourth-order valence-corrected chi connectivity index (χ4v) is 3.46. The van der Waals surface area contributed by atoms with Gasteiger partial charge in [0.2, 0.25) is 5.91 Å². The largest absolute Gasteiger partial charge is 0.489 e. The van der Waals surface area contributed by atoms with E-state index in [4.69, 9.17) is 4.74 Å². The minimum Gasteiger partial charge on any atom is -0.489 e. The van der Waals surface area contributed by atoms with E-state index in [1.165, 1.54) is 0 Å². The monoisotopic (exact) mass is 371 g/mol. The summed E-state index contributed by atoms with van der Waals surface area (Å²) in [6.07, 6.45) is 0. The van der Waals surface area contributed by atoms with Gasteiger partial charge in [-0.3, -0.25) is 4.79 Å². The van der Waals surface area contributed by atoms with Crippen LogP contribution in [0.15, 0.2) is 48.5 Å². The summed E-state index contributed by atoms with van der Waals surface area (Å²) < 4.78 is 5.95. The molecule has 0 saturated carbocycles. The zero-order valence-corrected chi connectivity index (χ0v) is 15.4. The van der Waals surface area contributed by atoms with Crippen LogP contribution >= 0.6 is 12.4 Å². The second-order valence-electron chi connectivity index (χ2n) is 6.30. The van der Waals surface area contributed by atoms with Crippen molar-refractivity contribution in [2.75, 3.05) is 13.6 Å². The molecule has 1 aromatic heterocycles. The number of carbonyl (C=O) groups is 1. The van der Waals surface area contributed by atoms with Gasteiger partial charge in [-0.15, -0.1) is 12.4 Å². The summed E-state index contributed by atoms with van der Waals surface area (Å²) in [5, 5.41) is 7.14. The number of hydrogen-bond acceptors (Lipinski definition) is 3. The van der Waals surface area contributed by atoms with Crippen LogP contribution < -0.4 is 15.4 Å². The maximum atomic E-state index is 12.3. The van der Waals surface area contributed by atoms with E-state index in [-0.39, 0.29) is 24.2 Å². The lowest BCUT2D eigenvalue weighted by atomic mass is 9.92. The Hall–Kier alpha value is -2.50. The molecule has 6 heteroatoms. The molecule has 0 bridgehead atoms. The Bertz CT molecular complexity index is 908. The first-order chi connectivity index (χ1) is 12.3. The number of carbonyl (C=O) groups excluding carboxylic acids is 1. The van der Waals surface area contributed by atoms with Gasteiger partial charge < -0.3 is 20.4 Å². The molecule has 3 aromatic rings. The van der Waals surface area contributed by atoms with Crippen LogP contribution in [0.4, 0.5) is 0 Å². The van der Waals surface area contributed by atoms with Crippen LogP contribution in [0.2, 0.25) is 0 Å². The summed E-state index contributed by atoms with van der Waals surface area (Å²) in [6, 6.07) is 16.1. The lowest BCUT2D eigenvalue weighted by Gasteiger charge is -2.22. The van der Waals surface area contributed by atoms with Gasteiger partial charge >= 0.3 is 0 Å². The third-order valence-electron chi connectivity index (χ3n) is 4.70. The highest BCUT2D eigenvalue weighted by Crippen LogP contribution is 2.34. The number of aromatic amines is 1. The number of hydrogen-bond donors (Lipinski definition) is 3. The highest BCUT2D eigenvalue weighted by atomic mass is 35.5. The van der Waals surface area contributed by atoms with E-state index in [0.29, 0.717) is 13.2 Å². The van der Waals surface area contributed by atoms with Crippen molar-refractivity contribution in [2.45, 2.75) is 19.1 Å². The topological polar surface area (TPSA) is 66.2 Å². The van der Waals surface area contributed by atoms with Crippen LogP contribution in [-0.2, 0) is 17.9 Å². The molecule has 1 aliphatic rings. The Morgan fingerprint density at radius 2 is 2.04 bits per heavy atom. The molecule has 2 aromatic carbocycles. The predicted octanol–water partition coefficient (Wildman–Crippen LogP) is 3.10. The van der Waals surface area contributed by atoms with Gasteiger partial charge in [0.1, 0.15) is 12.4 Å². The van der Waals surface area contributed by atoms with Crippen molar-refractivity contribution in [3.05, 3.63) is 65.4 Å². The maximum Gasteiger partial charge on any atom is 0.228 e. The number of amides is 1. The van der Waals surface area contributed by atoms with E-state index >= 15 is 0 Å². The number of likely N-dealkylation sites (N-methyl/N-ethyl adjacent to an activating group) is 1. The van der Waals surface area contributed by atoms with Gasteiger partial charge in [-0.25, -0.2) is 0 Å². The van der Waals surface area contributed by atoms with Crippen molar-refractivity contribution in [2.24, 2.45) is 0 Å². The first kappa shape index (κ1) is 18.3. The zero-order chi connectivity index (χ0) is 17.2. The van der Waals surface area contributed by atoms with Gasteiger partial charge in [0.05, 0.1) is 5.92 Å². The predicted molar refractivity (Wildman–Crippen MR) is 105 cm³/mol. The molecule has 136 valence electrons. The molecule has 0 fully saturated rings. The normalized spacial score (nSPS) is 15.8. The molecular formula is C20H22ClN3O2. The third kappa shape index (κ3) is 3.41. The van der Waals surface area contributed by atoms with Crippen molar-refractivity contribution >= 4 is 29.2 Å². The van der Waals surface area contributed by atoms with E-state index in [1.54, 1.807) is 7.05 Å². The number of nitrogens with one attached hydrogen (secondary N) is 3. The van der Waals surface area contributed by atoms with E-state index < -0.39 is 0 Å². The average molecular weight is 372 g/mol. The summed E-state index contributed by atoms with van der Waals surface area (Å²) in [5.74, 6) is 0.657. The molecule has 0 aliphatic carbocycles. The highest BCUT2D eigenvalue weighted by molar-refractivity contribution is 5.94. The first-order valence-electron chi connectivity index (χ1n) is 8.50. The number of ether oxygens (including phenoxy) is 1. The Morgan fingerprint density at radius 3 is 2.81 bits per heavy atom. The lowest BCUT2D eigenvalue weighted by molar-refractivity contribution is -0.122. The Balaban J connectivity index is 0.00000196. The zero-order valence-electron chi connectivity index (χ0n) is 14.5. The van der Waals surface area contributed by atoms with Crippen molar-refractivity contribution in [1.82, 2.24) is 15.6 Å². The molecule has 2 heterocycles. The minimum absolute atomic E-state index is 0. The second-order valence-corrected chi connectivity index (χ2v) is 6.30. The number of halogens is 1.